The SMILES string of the molecule is [Y].[c-]1cccc2cc[nH]c12. The van der Waals surface area contributed by atoms with Crippen LogP contribution in [0.25, 0.3) is 10.9 Å². The van der Waals surface area contributed by atoms with Crippen molar-refractivity contribution >= 4 is 10.9 Å². The Bertz CT molecular complexity index is 283. The average Bonchev–Trinajstić information content (AvgIpc) is 2.33. The van der Waals surface area contributed by atoms with E-state index in [9.17, 15) is 0 Å². The van der Waals surface area contributed by atoms with Gasteiger partial charge in [-0.15, -0.1) is 5.39 Å². The van der Waals surface area contributed by atoms with E-state index in [0.717, 1.165) is 5.52 Å². The molecule has 0 aliphatic carbocycles. The maximum atomic E-state index is 3.08. The van der Waals surface area contributed by atoms with Gasteiger partial charge in [0.2, 0.25) is 0 Å². The van der Waals surface area contributed by atoms with Gasteiger partial charge in [-0.05, 0) is 6.20 Å². The molecule has 0 aliphatic heterocycles. The van der Waals surface area contributed by atoms with Gasteiger partial charge in [-0.1, -0.05) is 11.6 Å². The van der Waals surface area contributed by atoms with E-state index in [1.807, 2.05) is 24.4 Å². The van der Waals surface area contributed by atoms with E-state index in [4.69, 9.17) is 0 Å². The molecule has 2 aromatic rings. The van der Waals surface area contributed by atoms with Crippen molar-refractivity contribution in [2.24, 2.45) is 0 Å². The monoisotopic (exact) mass is 205 g/mol. The summed E-state index contributed by atoms with van der Waals surface area (Å²) in [6.07, 6.45) is 1.92. The standard InChI is InChI=1S/C8H6N.Y/c1-2-4-8-7(3-1)5-6-9-8;/h1-3,5-6,9H;/q-1;. The minimum atomic E-state index is 0. The van der Waals surface area contributed by atoms with Gasteiger partial charge in [0, 0.05) is 32.7 Å². The van der Waals surface area contributed by atoms with Crippen molar-refractivity contribution in [3.05, 3.63) is 36.5 Å². The first-order chi connectivity index (χ1) is 4.47. The van der Waals surface area contributed by atoms with E-state index in [1.165, 1.54) is 5.39 Å². The summed E-state index contributed by atoms with van der Waals surface area (Å²) in [4.78, 5) is 3.06. The smallest absolute Gasteiger partial charge is 0 e. The molecular formula is C8H6NY-. The number of H-pyrrole nitrogens is 1. The molecule has 0 aliphatic rings. The Morgan fingerprint density at radius 3 is 3.00 bits per heavy atom. The Balaban J connectivity index is 0.000000500. The summed E-state index contributed by atoms with van der Waals surface area (Å²) in [7, 11) is 0. The Labute approximate surface area is 84.7 Å². The summed E-state index contributed by atoms with van der Waals surface area (Å²) in [6, 6.07) is 11.1. The summed E-state index contributed by atoms with van der Waals surface area (Å²) in [6.45, 7) is 0. The molecule has 0 saturated carbocycles. The first-order valence-corrected chi connectivity index (χ1v) is 2.90. The second-order valence-corrected chi connectivity index (χ2v) is 1.98. The van der Waals surface area contributed by atoms with Gasteiger partial charge < -0.3 is 4.98 Å². The third-order valence-electron chi connectivity index (χ3n) is 1.38. The van der Waals surface area contributed by atoms with Crippen molar-refractivity contribution in [2.75, 3.05) is 0 Å². The van der Waals surface area contributed by atoms with Crippen molar-refractivity contribution in [1.29, 1.82) is 0 Å². The average molecular weight is 205 g/mol. The van der Waals surface area contributed by atoms with E-state index in [0.29, 0.717) is 0 Å². The summed E-state index contributed by atoms with van der Waals surface area (Å²) in [5.74, 6) is 0. The first kappa shape index (κ1) is 7.97. The molecule has 1 aromatic heterocycles. The Morgan fingerprint density at radius 1 is 1.30 bits per heavy atom. The van der Waals surface area contributed by atoms with Crippen LogP contribution in [0.3, 0.4) is 0 Å². The second-order valence-electron chi connectivity index (χ2n) is 1.98. The molecular weight excluding hydrogens is 199 g/mol. The first-order valence-electron chi connectivity index (χ1n) is 2.90. The number of hydrogen-bond acceptors (Lipinski definition) is 0. The number of benzene rings is 1. The normalized spacial score (nSPS) is 9.20. The van der Waals surface area contributed by atoms with Gasteiger partial charge in [-0.2, -0.15) is 24.3 Å². The van der Waals surface area contributed by atoms with Crippen LogP contribution in [0, 0.1) is 6.07 Å². The molecule has 10 heavy (non-hydrogen) atoms. The minimum Gasteiger partial charge on any atom is -0.385 e. The van der Waals surface area contributed by atoms with Crippen LogP contribution in [0.4, 0.5) is 0 Å². The van der Waals surface area contributed by atoms with Crippen LogP contribution in [-0.4, -0.2) is 4.98 Å². The van der Waals surface area contributed by atoms with Crippen molar-refractivity contribution in [3.63, 3.8) is 0 Å². The van der Waals surface area contributed by atoms with E-state index in [-0.39, 0.29) is 32.7 Å². The van der Waals surface area contributed by atoms with E-state index in [2.05, 4.69) is 17.1 Å². The molecule has 0 bridgehead atoms. The predicted octanol–water partition coefficient (Wildman–Crippen LogP) is 1.97. The van der Waals surface area contributed by atoms with Crippen LogP contribution in [0.2, 0.25) is 0 Å². The van der Waals surface area contributed by atoms with Gasteiger partial charge in [0.15, 0.2) is 0 Å². The zero-order valence-electron chi connectivity index (χ0n) is 5.46. The third-order valence-corrected chi connectivity index (χ3v) is 1.38. The minimum absolute atomic E-state index is 0. The largest absolute Gasteiger partial charge is 0.385 e. The van der Waals surface area contributed by atoms with Crippen LogP contribution in [0.1, 0.15) is 0 Å². The summed E-state index contributed by atoms with van der Waals surface area (Å²) >= 11 is 0. The van der Waals surface area contributed by atoms with Gasteiger partial charge in [-0.3, -0.25) is 0 Å². The molecule has 2 rings (SSSR count). The summed E-state index contributed by atoms with van der Waals surface area (Å²) in [5.41, 5.74) is 1.08. The molecule has 1 aromatic carbocycles. The summed E-state index contributed by atoms with van der Waals surface area (Å²) < 4.78 is 0. The second kappa shape index (κ2) is 3.31. The predicted molar refractivity (Wildman–Crippen MR) is 37.1 cm³/mol. The molecule has 0 fully saturated rings. The number of aromatic amines is 1. The molecule has 1 radical (unpaired) electrons. The van der Waals surface area contributed by atoms with Gasteiger partial charge in [0.25, 0.3) is 0 Å². The van der Waals surface area contributed by atoms with Gasteiger partial charge in [0.1, 0.15) is 0 Å². The number of aromatic nitrogens is 1. The van der Waals surface area contributed by atoms with Crippen molar-refractivity contribution in [2.45, 2.75) is 0 Å². The van der Waals surface area contributed by atoms with Crippen LogP contribution in [0.5, 0.6) is 0 Å². The number of fused-ring (bicyclic) bond motifs is 1. The van der Waals surface area contributed by atoms with E-state index >= 15 is 0 Å². The van der Waals surface area contributed by atoms with Crippen LogP contribution in [-0.2, 0) is 32.7 Å². The molecule has 1 heterocycles. The van der Waals surface area contributed by atoms with Gasteiger partial charge in [0.05, 0.1) is 0 Å². The number of hydrogen-bond donors (Lipinski definition) is 1. The number of rotatable bonds is 0. The number of para-hydroxylation sites is 1. The molecule has 0 amide bonds. The van der Waals surface area contributed by atoms with Crippen molar-refractivity contribution in [1.82, 2.24) is 4.98 Å². The summed E-state index contributed by atoms with van der Waals surface area (Å²) in [5, 5.41) is 1.22. The van der Waals surface area contributed by atoms with Gasteiger partial charge in [-0.25, -0.2) is 0 Å². The molecule has 1 nitrogen and oxygen atoms in total. The molecule has 0 atom stereocenters. The molecule has 0 unspecified atom stereocenters. The van der Waals surface area contributed by atoms with E-state index < -0.39 is 0 Å². The fourth-order valence-electron chi connectivity index (χ4n) is 0.929. The Hall–Kier alpha value is -0.136. The van der Waals surface area contributed by atoms with Crippen molar-refractivity contribution < 1.29 is 32.7 Å². The Kier molecular flexibility index (Phi) is 2.64. The zero-order valence-corrected chi connectivity index (χ0v) is 8.30. The van der Waals surface area contributed by atoms with Crippen LogP contribution in [0.15, 0.2) is 30.5 Å². The topological polar surface area (TPSA) is 15.8 Å². The molecule has 47 valence electrons. The zero-order chi connectivity index (χ0) is 6.10. The maximum Gasteiger partial charge on any atom is 0 e. The molecule has 2 heteroatoms. The van der Waals surface area contributed by atoms with Gasteiger partial charge >= 0.3 is 0 Å². The molecule has 1 N–H and O–H groups in total. The number of nitrogens with one attached hydrogen (secondary N) is 1. The van der Waals surface area contributed by atoms with Crippen molar-refractivity contribution in [3.8, 4) is 0 Å². The van der Waals surface area contributed by atoms with Crippen LogP contribution < -0.4 is 0 Å². The third kappa shape index (κ3) is 1.30. The van der Waals surface area contributed by atoms with Crippen LogP contribution >= 0.6 is 0 Å². The van der Waals surface area contributed by atoms with E-state index in [1.54, 1.807) is 0 Å². The maximum absolute atomic E-state index is 3.08. The quantitative estimate of drug-likeness (QED) is 0.633. The Morgan fingerprint density at radius 2 is 2.20 bits per heavy atom. The molecule has 0 saturated heterocycles. The fraction of sp³-hybridized carbons (Fsp3) is 0. The fourth-order valence-corrected chi connectivity index (χ4v) is 0.929. The molecule has 0 spiro atoms.